The molecule has 0 aliphatic rings. The highest BCUT2D eigenvalue weighted by Crippen LogP contribution is 2.37. The molecule has 1 aromatic heterocycles. The molecule has 0 aliphatic heterocycles. The van der Waals surface area contributed by atoms with Gasteiger partial charge < -0.3 is 18.6 Å². The number of carbonyl (C=O) groups is 1. The summed E-state index contributed by atoms with van der Waals surface area (Å²) in [6.07, 6.45) is 0.616. The van der Waals surface area contributed by atoms with E-state index in [-0.39, 0.29) is 5.78 Å². The summed E-state index contributed by atoms with van der Waals surface area (Å²) in [5, 5.41) is 0.793. The predicted molar refractivity (Wildman–Crippen MR) is 95.1 cm³/mol. The largest absolute Gasteiger partial charge is 0.496 e. The van der Waals surface area contributed by atoms with Gasteiger partial charge >= 0.3 is 0 Å². The molecular weight excluding hydrogens is 320 g/mol. The van der Waals surface area contributed by atoms with Gasteiger partial charge in [-0.25, -0.2) is 0 Å². The van der Waals surface area contributed by atoms with Gasteiger partial charge in [-0.15, -0.1) is 0 Å². The summed E-state index contributed by atoms with van der Waals surface area (Å²) in [5.74, 6) is 1.89. The van der Waals surface area contributed by atoms with Crippen LogP contribution in [0.4, 0.5) is 0 Å². The fraction of sp³-hybridized carbons (Fsp3) is 0.250. The number of ketones is 1. The first kappa shape index (κ1) is 16.9. The van der Waals surface area contributed by atoms with Gasteiger partial charge in [-0.3, -0.25) is 4.79 Å². The average molecular weight is 340 g/mol. The number of para-hydroxylation sites is 1. The number of methoxy groups -OCH3 is 3. The molecule has 0 spiro atoms. The fourth-order valence-electron chi connectivity index (χ4n) is 2.94. The number of hydrogen-bond acceptors (Lipinski definition) is 5. The summed E-state index contributed by atoms with van der Waals surface area (Å²) in [6, 6.07) is 10.8. The Morgan fingerprint density at radius 1 is 0.960 bits per heavy atom. The van der Waals surface area contributed by atoms with Gasteiger partial charge in [-0.05, 0) is 12.1 Å². The van der Waals surface area contributed by atoms with Crippen LogP contribution in [0.15, 0.2) is 40.8 Å². The smallest absolute Gasteiger partial charge is 0.201 e. The maximum Gasteiger partial charge on any atom is 0.201 e. The molecule has 0 aliphatic carbocycles. The van der Waals surface area contributed by atoms with Crippen LogP contribution in [0.3, 0.4) is 0 Å². The Kier molecular flexibility index (Phi) is 4.65. The fourth-order valence-corrected chi connectivity index (χ4v) is 2.94. The first-order valence-electron chi connectivity index (χ1n) is 7.99. The molecule has 0 saturated heterocycles. The lowest BCUT2D eigenvalue weighted by Gasteiger charge is -2.13. The number of hydrogen-bond donors (Lipinski definition) is 0. The van der Waals surface area contributed by atoms with Crippen LogP contribution in [0.25, 0.3) is 11.0 Å². The van der Waals surface area contributed by atoms with Crippen LogP contribution in [0.2, 0.25) is 0 Å². The second-order valence-corrected chi connectivity index (χ2v) is 5.49. The van der Waals surface area contributed by atoms with E-state index in [4.69, 9.17) is 18.6 Å². The molecular formula is C20H20O5. The minimum Gasteiger partial charge on any atom is -0.496 e. The van der Waals surface area contributed by atoms with Gasteiger partial charge in [0.15, 0.2) is 11.5 Å². The second kappa shape index (κ2) is 6.89. The Morgan fingerprint density at radius 3 is 2.24 bits per heavy atom. The van der Waals surface area contributed by atoms with Gasteiger partial charge in [0, 0.05) is 17.9 Å². The molecule has 2 aromatic carbocycles. The van der Waals surface area contributed by atoms with E-state index in [2.05, 4.69) is 0 Å². The molecule has 0 saturated carbocycles. The summed E-state index contributed by atoms with van der Waals surface area (Å²) in [7, 11) is 4.59. The number of carbonyl (C=O) groups excluding carboxylic acids is 1. The molecule has 130 valence electrons. The zero-order chi connectivity index (χ0) is 18.0. The Labute approximate surface area is 146 Å². The van der Waals surface area contributed by atoms with E-state index in [0.717, 1.165) is 5.39 Å². The maximum atomic E-state index is 13.3. The van der Waals surface area contributed by atoms with Crippen LogP contribution in [-0.4, -0.2) is 27.1 Å². The number of fused-ring (bicyclic) bond motifs is 1. The van der Waals surface area contributed by atoms with E-state index < -0.39 is 0 Å². The normalized spacial score (nSPS) is 10.7. The molecule has 0 unspecified atom stereocenters. The number of rotatable bonds is 6. The average Bonchev–Trinajstić information content (AvgIpc) is 3.04. The van der Waals surface area contributed by atoms with Crippen LogP contribution >= 0.6 is 0 Å². The Bertz CT molecular complexity index is 923. The third kappa shape index (κ3) is 2.82. The second-order valence-electron chi connectivity index (χ2n) is 5.49. The molecule has 5 nitrogen and oxygen atoms in total. The summed E-state index contributed by atoms with van der Waals surface area (Å²) >= 11 is 0. The van der Waals surface area contributed by atoms with Crippen molar-refractivity contribution in [1.29, 1.82) is 0 Å². The molecule has 0 amide bonds. The lowest BCUT2D eigenvalue weighted by molar-refractivity contribution is 0.103. The highest BCUT2D eigenvalue weighted by Gasteiger charge is 2.25. The Balaban J connectivity index is 2.22. The third-order valence-electron chi connectivity index (χ3n) is 4.17. The van der Waals surface area contributed by atoms with Crippen molar-refractivity contribution in [1.82, 2.24) is 0 Å². The van der Waals surface area contributed by atoms with Gasteiger partial charge in [0.25, 0.3) is 0 Å². The van der Waals surface area contributed by atoms with Gasteiger partial charge in [0.1, 0.15) is 17.1 Å². The van der Waals surface area contributed by atoms with Gasteiger partial charge in [-0.2, -0.15) is 0 Å². The zero-order valence-corrected chi connectivity index (χ0v) is 14.7. The monoisotopic (exact) mass is 340 g/mol. The van der Waals surface area contributed by atoms with Crippen molar-refractivity contribution in [2.24, 2.45) is 0 Å². The summed E-state index contributed by atoms with van der Waals surface area (Å²) < 4.78 is 21.9. The molecule has 0 fully saturated rings. The molecule has 0 radical (unpaired) electrons. The number of benzene rings is 2. The van der Waals surface area contributed by atoms with Gasteiger partial charge in [0.2, 0.25) is 5.78 Å². The van der Waals surface area contributed by atoms with Crippen molar-refractivity contribution in [2.75, 3.05) is 21.3 Å². The molecule has 3 aromatic rings. The van der Waals surface area contributed by atoms with Crippen LogP contribution in [0.1, 0.15) is 28.6 Å². The first-order chi connectivity index (χ1) is 12.1. The summed E-state index contributed by atoms with van der Waals surface area (Å²) in [6.45, 7) is 1.96. The Hall–Kier alpha value is -2.95. The van der Waals surface area contributed by atoms with E-state index in [9.17, 15) is 4.79 Å². The quantitative estimate of drug-likeness (QED) is 0.628. The van der Waals surface area contributed by atoms with E-state index >= 15 is 0 Å². The van der Waals surface area contributed by atoms with Crippen molar-refractivity contribution in [2.45, 2.75) is 13.3 Å². The molecule has 5 heteroatoms. The van der Waals surface area contributed by atoms with Gasteiger partial charge in [-0.1, -0.05) is 25.1 Å². The van der Waals surface area contributed by atoms with E-state index in [0.29, 0.717) is 46.1 Å². The highest BCUT2D eigenvalue weighted by molar-refractivity contribution is 6.18. The molecule has 0 atom stereocenters. The Morgan fingerprint density at radius 2 is 1.60 bits per heavy atom. The third-order valence-corrected chi connectivity index (χ3v) is 4.17. The molecule has 0 N–H and O–H groups in total. The zero-order valence-electron chi connectivity index (χ0n) is 14.7. The number of aryl methyl sites for hydroxylation is 1. The maximum absolute atomic E-state index is 13.3. The van der Waals surface area contributed by atoms with Crippen molar-refractivity contribution in [3.63, 3.8) is 0 Å². The SMILES string of the molecule is CCc1oc2ccccc2c1C(=O)c1cc(OC)c(OC)cc1OC. The summed E-state index contributed by atoms with van der Waals surface area (Å²) in [4.78, 5) is 13.3. The van der Waals surface area contributed by atoms with Crippen molar-refractivity contribution in [3.8, 4) is 17.2 Å². The van der Waals surface area contributed by atoms with Crippen molar-refractivity contribution in [3.05, 3.63) is 53.3 Å². The summed E-state index contributed by atoms with van der Waals surface area (Å²) in [5.41, 5.74) is 1.66. The lowest BCUT2D eigenvalue weighted by Crippen LogP contribution is -2.07. The van der Waals surface area contributed by atoms with E-state index in [1.54, 1.807) is 12.1 Å². The predicted octanol–water partition coefficient (Wildman–Crippen LogP) is 4.25. The van der Waals surface area contributed by atoms with Crippen molar-refractivity contribution >= 4 is 16.8 Å². The minimum atomic E-state index is -0.167. The molecule has 1 heterocycles. The number of furan rings is 1. The topological polar surface area (TPSA) is 57.9 Å². The minimum absolute atomic E-state index is 0.167. The van der Waals surface area contributed by atoms with E-state index in [1.807, 2.05) is 31.2 Å². The standard InChI is InChI=1S/C20H20O5/c1-5-14-19(12-8-6-7-9-15(12)25-14)20(21)13-10-17(23-3)18(24-4)11-16(13)22-2/h6-11H,5H2,1-4H3. The van der Waals surface area contributed by atoms with E-state index in [1.165, 1.54) is 21.3 Å². The van der Waals surface area contributed by atoms with Crippen LogP contribution in [-0.2, 0) is 6.42 Å². The molecule has 0 bridgehead atoms. The first-order valence-corrected chi connectivity index (χ1v) is 7.99. The molecule has 3 rings (SSSR count). The lowest BCUT2D eigenvalue weighted by atomic mass is 9.98. The molecule has 25 heavy (non-hydrogen) atoms. The van der Waals surface area contributed by atoms with Crippen LogP contribution in [0.5, 0.6) is 17.2 Å². The number of ether oxygens (including phenoxy) is 3. The van der Waals surface area contributed by atoms with Crippen molar-refractivity contribution < 1.29 is 23.4 Å². The highest BCUT2D eigenvalue weighted by atomic mass is 16.5. The van der Waals surface area contributed by atoms with Crippen LogP contribution in [0, 0.1) is 0 Å². The van der Waals surface area contributed by atoms with Crippen LogP contribution < -0.4 is 14.2 Å². The van der Waals surface area contributed by atoms with Gasteiger partial charge in [0.05, 0.1) is 32.5 Å².